The van der Waals surface area contributed by atoms with Crippen molar-refractivity contribution in [2.24, 2.45) is 0 Å². The van der Waals surface area contributed by atoms with Gasteiger partial charge in [0, 0.05) is 18.3 Å². The third kappa shape index (κ3) is 2.97. The topological polar surface area (TPSA) is 58.6 Å². The van der Waals surface area contributed by atoms with Crippen molar-refractivity contribution in [2.45, 2.75) is 24.8 Å². The van der Waals surface area contributed by atoms with Crippen LogP contribution in [-0.2, 0) is 23.0 Å². The van der Waals surface area contributed by atoms with Gasteiger partial charge in [0.2, 0.25) is 0 Å². The van der Waals surface area contributed by atoms with Gasteiger partial charge in [-0.2, -0.15) is 12.2 Å². The van der Waals surface area contributed by atoms with Crippen molar-refractivity contribution in [3.8, 4) is 5.75 Å². The zero-order valence-electron chi connectivity index (χ0n) is 13.5. The van der Waals surface area contributed by atoms with Crippen molar-refractivity contribution in [1.82, 2.24) is 5.32 Å². The fourth-order valence-corrected chi connectivity index (χ4v) is 4.60. The molecule has 2 aromatic carbocycles. The Morgan fingerprint density at radius 1 is 1.25 bits per heavy atom. The first-order valence-corrected chi connectivity index (χ1v) is 9.40. The molecule has 3 rings (SSSR count). The van der Waals surface area contributed by atoms with Gasteiger partial charge in [0.25, 0.3) is 10.0 Å². The van der Waals surface area contributed by atoms with Gasteiger partial charge in [0.1, 0.15) is 10.6 Å². The first-order chi connectivity index (χ1) is 11.4. The summed E-state index contributed by atoms with van der Waals surface area (Å²) in [4.78, 5) is 0.0616. The second kappa shape index (κ2) is 6.63. The first-order valence-electron chi connectivity index (χ1n) is 7.62. The Morgan fingerprint density at radius 3 is 2.79 bits per heavy atom. The van der Waals surface area contributed by atoms with Crippen LogP contribution in [0.5, 0.6) is 5.75 Å². The van der Waals surface area contributed by atoms with Crippen molar-refractivity contribution in [1.29, 1.82) is 0 Å². The van der Waals surface area contributed by atoms with Gasteiger partial charge >= 0.3 is 0 Å². The highest BCUT2D eigenvalue weighted by molar-refractivity contribution is 7.94. The van der Waals surface area contributed by atoms with E-state index in [1.54, 1.807) is 24.3 Å². The molecule has 128 valence electrons. The summed E-state index contributed by atoms with van der Waals surface area (Å²) in [7, 11) is -2.49. The normalized spacial score (nSPS) is 14.1. The first kappa shape index (κ1) is 17.1. The Balaban J connectivity index is 2.10. The number of halogens is 1. The minimum absolute atomic E-state index is 0.0616. The van der Waals surface area contributed by atoms with Gasteiger partial charge in [-0.05, 0) is 54.8 Å². The van der Waals surface area contributed by atoms with Gasteiger partial charge in [-0.25, -0.2) is 0 Å². The lowest BCUT2D eigenvalue weighted by Crippen LogP contribution is -2.28. The number of fused-ring (bicyclic) bond motifs is 1. The second-order valence-corrected chi connectivity index (χ2v) is 8.01. The van der Waals surface area contributed by atoms with Crippen LogP contribution in [0, 0.1) is 6.92 Å². The van der Waals surface area contributed by atoms with E-state index in [1.165, 1.54) is 7.11 Å². The number of methoxy groups -OCH3 is 1. The van der Waals surface area contributed by atoms with E-state index in [0.29, 0.717) is 12.2 Å². The Morgan fingerprint density at radius 2 is 2.04 bits per heavy atom. The highest BCUT2D eigenvalue weighted by Crippen LogP contribution is 2.35. The molecule has 0 aliphatic carbocycles. The minimum Gasteiger partial charge on any atom is -0.495 e. The number of hydrogen-bond acceptors (Lipinski definition) is 4. The molecule has 1 N–H and O–H groups in total. The maximum Gasteiger partial charge on any atom is 0.281 e. The molecular weight excluding hydrogens is 348 g/mol. The monoisotopic (exact) mass is 366 g/mol. The molecule has 0 saturated carbocycles. The molecule has 0 unspecified atom stereocenters. The zero-order chi connectivity index (χ0) is 17.3. The van der Waals surface area contributed by atoms with Crippen molar-refractivity contribution < 1.29 is 13.2 Å². The van der Waals surface area contributed by atoms with Gasteiger partial charge in [-0.3, -0.25) is 0 Å². The lowest BCUT2D eigenvalue weighted by atomic mass is 9.99. The third-order valence-electron chi connectivity index (χ3n) is 4.11. The molecule has 0 atom stereocenters. The smallest absolute Gasteiger partial charge is 0.281 e. The number of aryl methyl sites for hydroxylation is 1. The Bertz CT molecular complexity index is 868. The number of benzene rings is 2. The number of nitrogens with one attached hydrogen (secondary N) is 1. The summed E-state index contributed by atoms with van der Waals surface area (Å²) >= 11 is 6.32. The van der Waals surface area contributed by atoms with Crippen LogP contribution >= 0.6 is 11.8 Å². The van der Waals surface area contributed by atoms with Crippen LogP contribution in [0.1, 0.15) is 16.7 Å². The van der Waals surface area contributed by atoms with E-state index in [1.807, 2.05) is 19.1 Å². The van der Waals surface area contributed by atoms with Gasteiger partial charge in [-0.1, -0.05) is 18.2 Å². The summed E-state index contributed by atoms with van der Waals surface area (Å²) in [5.41, 5.74) is 3.34. The van der Waals surface area contributed by atoms with E-state index in [-0.39, 0.29) is 10.6 Å². The van der Waals surface area contributed by atoms with E-state index in [9.17, 15) is 8.42 Å². The van der Waals surface area contributed by atoms with Crippen LogP contribution in [0.2, 0.25) is 0 Å². The molecule has 1 heterocycles. The molecule has 24 heavy (non-hydrogen) atoms. The molecule has 0 radical (unpaired) electrons. The molecule has 2 aromatic rings. The molecule has 0 spiro atoms. The molecule has 1 aliphatic rings. The number of nitrogens with zero attached hydrogens (tertiary/aromatic N) is 1. The van der Waals surface area contributed by atoms with Crippen LogP contribution in [0.3, 0.4) is 0 Å². The lowest BCUT2D eigenvalue weighted by molar-refractivity contribution is 0.402. The maximum absolute atomic E-state index is 13.0. The van der Waals surface area contributed by atoms with E-state index in [4.69, 9.17) is 16.5 Å². The van der Waals surface area contributed by atoms with E-state index in [2.05, 4.69) is 5.32 Å². The molecule has 7 heteroatoms. The molecule has 5 nitrogen and oxygen atoms in total. The van der Waals surface area contributed by atoms with Crippen LogP contribution in [0.15, 0.2) is 41.3 Å². The summed E-state index contributed by atoms with van der Waals surface area (Å²) in [5, 5.41) is 3.27. The number of hydrogen-bond donors (Lipinski definition) is 1. The predicted molar refractivity (Wildman–Crippen MR) is 95.1 cm³/mol. The minimum atomic E-state index is -3.94. The van der Waals surface area contributed by atoms with Crippen molar-refractivity contribution in [3.05, 3.63) is 53.1 Å². The van der Waals surface area contributed by atoms with Crippen LogP contribution in [0.4, 0.5) is 5.69 Å². The quantitative estimate of drug-likeness (QED) is 0.845. The van der Waals surface area contributed by atoms with Crippen molar-refractivity contribution in [3.63, 3.8) is 0 Å². The molecule has 0 bridgehead atoms. The van der Waals surface area contributed by atoms with Gasteiger partial charge < -0.3 is 10.1 Å². The fourth-order valence-electron chi connectivity index (χ4n) is 2.88. The second-order valence-electron chi connectivity index (χ2n) is 5.72. The third-order valence-corrected chi connectivity index (χ3v) is 6.33. The SMILES string of the molecule is COc1ccc(C)cc1S(=O)(=O)N(Cl)c1cccc2c1CCNC2. The zero-order valence-corrected chi connectivity index (χ0v) is 15.1. The summed E-state index contributed by atoms with van der Waals surface area (Å²) in [6.07, 6.45) is 0.731. The highest BCUT2D eigenvalue weighted by atomic mass is 35.5. The van der Waals surface area contributed by atoms with Crippen LogP contribution < -0.4 is 13.9 Å². The molecule has 0 fully saturated rings. The highest BCUT2D eigenvalue weighted by Gasteiger charge is 2.30. The number of anilines is 1. The molecule has 1 aliphatic heterocycles. The average molecular weight is 367 g/mol. The summed E-state index contributed by atoms with van der Waals surface area (Å²) < 4.78 is 32.1. The molecule has 0 amide bonds. The van der Waals surface area contributed by atoms with Gasteiger partial charge in [0.05, 0.1) is 12.8 Å². The summed E-state index contributed by atoms with van der Waals surface area (Å²) in [5.74, 6) is 0.276. The van der Waals surface area contributed by atoms with Crippen molar-refractivity contribution in [2.75, 3.05) is 17.5 Å². The van der Waals surface area contributed by atoms with Gasteiger partial charge in [0.15, 0.2) is 0 Å². The Labute approximate surface area is 147 Å². The Kier molecular flexibility index (Phi) is 4.71. The molecular formula is C17H19ClN2O3S. The summed E-state index contributed by atoms with van der Waals surface area (Å²) in [6, 6.07) is 10.5. The van der Waals surface area contributed by atoms with E-state index < -0.39 is 10.0 Å². The van der Waals surface area contributed by atoms with Gasteiger partial charge in [-0.15, -0.1) is 0 Å². The maximum atomic E-state index is 13.0. The number of sulfonamides is 1. The van der Waals surface area contributed by atoms with Crippen molar-refractivity contribution >= 4 is 27.5 Å². The lowest BCUT2D eigenvalue weighted by Gasteiger charge is -2.25. The number of ether oxygens (including phenoxy) is 1. The van der Waals surface area contributed by atoms with E-state index in [0.717, 1.165) is 33.5 Å². The fraction of sp³-hybridized carbons (Fsp3) is 0.294. The summed E-state index contributed by atoms with van der Waals surface area (Å²) in [6.45, 7) is 3.33. The average Bonchev–Trinajstić information content (AvgIpc) is 2.60. The standard InChI is InChI=1S/C17H19ClN2O3S/c1-12-6-7-16(23-2)17(10-12)24(21,22)20(18)15-5-3-4-13-11-19-9-8-14(13)15/h3-7,10,19H,8-9,11H2,1-2H3. The van der Waals surface area contributed by atoms with Crippen LogP contribution in [0.25, 0.3) is 0 Å². The van der Waals surface area contributed by atoms with E-state index >= 15 is 0 Å². The number of rotatable bonds is 4. The largest absolute Gasteiger partial charge is 0.495 e. The van der Waals surface area contributed by atoms with Crippen LogP contribution in [-0.4, -0.2) is 22.1 Å². The molecule has 0 saturated heterocycles. The Hall–Kier alpha value is -1.76. The predicted octanol–water partition coefficient (Wildman–Crippen LogP) is 3.00. The molecule has 0 aromatic heterocycles.